The molecular formula is C26H27F3N4O7. The number of halogens is 3. The number of methoxy groups -OCH3 is 1. The van der Waals surface area contributed by atoms with Crippen molar-refractivity contribution in [3.05, 3.63) is 54.4 Å². The van der Waals surface area contributed by atoms with Crippen molar-refractivity contribution in [2.24, 2.45) is 5.92 Å². The molecule has 0 radical (unpaired) electrons. The van der Waals surface area contributed by atoms with Gasteiger partial charge in [0, 0.05) is 25.9 Å². The first-order valence-corrected chi connectivity index (χ1v) is 11.8. The number of rotatable bonds is 7. The fourth-order valence-electron chi connectivity index (χ4n) is 3.50. The summed E-state index contributed by atoms with van der Waals surface area (Å²) in [6.45, 7) is 0.123. The first-order valence-electron chi connectivity index (χ1n) is 11.8. The molecule has 0 saturated carbocycles. The minimum absolute atomic E-state index is 0.148. The van der Waals surface area contributed by atoms with Crippen LogP contribution in [-0.2, 0) is 20.8 Å². The number of aliphatic carboxylic acids is 1. The second-order valence-corrected chi connectivity index (χ2v) is 8.75. The zero-order valence-corrected chi connectivity index (χ0v) is 21.7. The van der Waals surface area contributed by atoms with Gasteiger partial charge in [-0.25, -0.2) is 4.79 Å². The van der Waals surface area contributed by atoms with E-state index in [9.17, 15) is 22.8 Å². The van der Waals surface area contributed by atoms with Gasteiger partial charge >= 0.3 is 12.1 Å². The number of H-pyrrole nitrogens is 1. The highest BCUT2D eigenvalue weighted by molar-refractivity contribution is 5.95. The van der Waals surface area contributed by atoms with E-state index in [2.05, 4.69) is 15.5 Å². The molecule has 0 bridgehead atoms. The summed E-state index contributed by atoms with van der Waals surface area (Å²) in [5, 5.41) is 16.8. The summed E-state index contributed by atoms with van der Waals surface area (Å²) in [5.74, 6) is -1.64. The van der Waals surface area contributed by atoms with Crippen LogP contribution in [0.2, 0.25) is 0 Å². The zero-order chi connectivity index (χ0) is 29.4. The fraction of sp³-hybridized carbons (Fsp3) is 0.308. The Morgan fingerprint density at radius 2 is 1.90 bits per heavy atom. The lowest BCUT2D eigenvalue weighted by atomic mass is 9.95. The van der Waals surface area contributed by atoms with Gasteiger partial charge in [0.15, 0.2) is 6.61 Å². The number of hydrogen-bond acceptors (Lipinski definition) is 7. The molecule has 3 N–H and O–H groups in total. The Kier molecular flexibility index (Phi) is 9.59. The third kappa shape index (κ3) is 7.88. The highest BCUT2D eigenvalue weighted by Gasteiger charge is 2.38. The number of aromatic amines is 1. The Balaban J connectivity index is 0.000000559. The largest absolute Gasteiger partial charge is 0.497 e. The Bertz CT molecular complexity index is 1340. The number of alkyl halides is 3. The Hall–Kier alpha value is -4.75. The molecule has 1 aliphatic heterocycles. The summed E-state index contributed by atoms with van der Waals surface area (Å²) in [6, 6.07) is 11.0. The van der Waals surface area contributed by atoms with Crippen LogP contribution in [0.5, 0.6) is 17.2 Å². The number of benzene rings is 2. The second kappa shape index (κ2) is 12.9. The van der Waals surface area contributed by atoms with Gasteiger partial charge in [-0.05, 0) is 47.9 Å². The van der Waals surface area contributed by atoms with Crippen LogP contribution >= 0.6 is 0 Å². The van der Waals surface area contributed by atoms with E-state index in [1.54, 1.807) is 45.7 Å². The summed E-state index contributed by atoms with van der Waals surface area (Å²) < 4.78 is 48.6. The van der Waals surface area contributed by atoms with E-state index >= 15 is 0 Å². The highest BCUT2D eigenvalue weighted by Crippen LogP contribution is 2.34. The number of carboxylic acid groups (broad SMARTS) is 1. The zero-order valence-electron chi connectivity index (χ0n) is 21.7. The van der Waals surface area contributed by atoms with Crippen molar-refractivity contribution in [1.29, 1.82) is 0 Å². The van der Waals surface area contributed by atoms with Crippen LogP contribution < -0.4 is 19.5 Å². The van der Waals surface area contributed by atoms with Gasteiger partial charge in [0.25, 0.3) is 5.91 Å². The van der Waals surface area contributed by atoms with E-state index in [0.29, 0.717) is 17.9 Å². The number of ether oxygens (including phenoxy) is 3. The monoisotopic (exact) mass is 564 g/mol. The molecule has 1 aliphatic rings. The molecule has 0 fully saturated rings. The molecule has 2 amide bonds. The van der Waals surface area contributed by atoms with Crippen LogP contribution in [0.4, 0.5) is 18.9 Å². The third-order valence-electron chi connectivity index (χ3n) is 5.71. The lowest BCUT2D eigenvalue weighted by molar-refractivity contribution is -0.192. The molecule has 1 atom stereocenters. The van der Waals surface area contributed by atoms with Crippen molar-refractivity contribution >= 4 is 23.5 Å². The molecule has 14 heteroatoms. The second-order valence-electron chi connectivity index (χ2n) is 8.75. The van der Waals surface area contributed by atoms with Crippen molar-refractivity contribution < 1.29 is 46.9 Å². The normalized spacial score (nSPS) is 14.0. The number of hydrogen-bond donors (Lipinski definition) is 3. The van der Waals surface area contributed by atoms with Crippen molar-refractivity contribution in [1.82, 2.24) is 15.1 Å². The van der Waals surface area contributed by atoms with E-state index in [0.717, 1.165) is 28.2 Å². The quantitative estimate of drug-likeness (QED) is 0.397. The number of amides is 2. The predicted molar refractivity (Wildman–Crippen MR) is 136 cm³/mol. The van der Waals surface area contributed by atoms with Crippen molar-refractivity contribution in [2.45, 2.75) is 12.6 Å². The number of anilines is 1. The summed E-state index contributed by atoms with van der Waals surface area (Å²) >= 11 is 0. The van der Waals surface area contributed by atoms with Crippen LogP contribution in [0, 0.1) is 5.92 Å². The SMILES string of the molecule is COc1ccc2c(c1)CC(C(=O)Nc1ccc(-c3cn[nH]c3)cc1OCC(=O)N(C)C)CO2.O=C(O)C(F)(F)F. The average molecular weight is 565 g/mol. The van der Waals surface area contributed by atoms with Crippen molar-refractivity contribution in [3.63, 3.8) is 0 Å². The maximum atomic E-state index is 13.1. The third-order valence-corrected chi connectivity index (χ3v) is 5.71. The molecule has 0 aliphatic carbocycles. The van der Waals surface area contributed by atoms with Crippen molar-refractivity contribution in [3.8, 4) is 28.4 Å². The van der Waals surface area contributed by atoms with Crippen LogP contribution in [0.25, 0.3) is 11.1 Å². The summed E-state index contributed by atoms with van der Waals surface area (Å²) in [5.41, 5.74) is 3.11. The van der Waals surface area contributed by atoms with Gasteiger partial charge in [-0.1, -0.05) is 6.07 Å². The summed E-state index contributed by atoms with van der Waals surface area (Å²) in [6.07, 6.45) is -1.11. The number of nitrogens with one attached hydrogen (secondary N) is 2. The Labute approximate surface area is 226 Å². The number of aromatic nitrogens is 2. The molecule has 40 heavy (non-hydrogen) atoms. The van der Waals surface area contributed by atoms with Crippen LogP contribution in [-0.4, -0.2) is 78.6 Å². The van der Waals surface area contributed by atoms with Gasteiger partial charge in [0.2, 0.25) is 5.91 Å². The Morgan fingerprint density at radius 3 is 2.50 bits per heavy atom. The minimum Gasteiger partial charge on any atom is -0.497 e. The van der Waals surface area contributed by atoms with E-state index in [1.165, 1.54) is 4.90 Å². The number of likely N-dealkylation sites (N-methyl/N-ethyl adjacent to an activating group) is 1. The van der Waals surface area contributed by atoms with Crippen LogP contribution in [0.1, 0.15) is 5.56 Å². The first kappa shape index (κ1) is 29.8. The maximum absolute atomic E-state index is 13.1. The van der Waals surface area contributed by atoms with Crippen LogP contribution in [0.3, 0.4) is 0 Å². The van der Waals surface area contributed by atoms with E-state index in [1.807, 2.05) is 24.3 Å². The van der Waals surface area contributed by atoms with Gasteiger partial charge in [0.05, 0.1) is 24.9 Å². The molecule has 4 rings (SSSR count). The molecule has 0 saturated heterocycles. The van der Waals surface area contributed by atoms with E-state index in [-0.39, 0.29) is 30.9 Å². The highest BCUT2D eigenvalue weighted by atomic mass is 19.4. The molecular weight excluding hydrogens is 537 g/mol. The average Bonchev–Trinajstić information content (AvgIpc) is 3.46. The predicted octanol–water partition coefficient (Wildman–Crippen LogP) is 3.38. The standard InChI is InChI=1S/C24H26N4O5.C2HF3O2/c1-28(2)23(29)14-33-22-10-15(18-11-25-26-12-18)4-6-20(22)27-24(30)17-8-16-9-19(31-3)5-7-21(16)32-13-17;3-2(4,5)1(6)7/h4-7,9-12,17H,8,13-14H2,1-3H3,(H,25,26)(H,27,30);(H,6,7). The lowest BCUT2D eigenvalue weighted by Crippen LogP contribution is -2.33. The Morgan fingerprint density at radius 1 is 1.18 bits per heavy atom. The lowest BCUT2D eigenvalue weighted by Gasteiger charge is -2.25. The van der Waals surface area contributed by atoms with Gasteiger partial charge in [0.1, 0.15) is 23.9 Å². The van der Waals surface area contributed by atoms with Gasteiger partial charge in [-0.2, -0.15) is 18.3 Å². The molecule has 11 nitrogen and oxygen atoms in total. The topological polar surface area (TPSA) is 143 Å². The molecule has 1 aromatic heterocycles. The minimum atomic E-state index is -5.08. The fourth-order valence-corrected chi connectivity index (χ4v) is 3.50. The molecule has 2 aromatic carbocycles. The number of carbonyl (C=O) groups excluding carboxylic acids is 2. The molecule has 1 unspecified atom stereocenters. The first-order chi connectivity index (χ1) is 18.9. The maximum Gasteiger partial charge on any atom is 0.490 e. The van der Waals surface area contributed by atoms with Gasteiger partial charge in [-0.3, -0.25) is 14.7 Å². The van der Waals surface area contributed by atoms with E-state index < -0.39 is 12.1 Å². The smallest absolute Gasteiger partial charge is 0.490 e. The number of nitrogens with zero attached hydrogens (tertiary/aromatic N) is 2. The van der Waals surface area contributed by atoms with Crippen molar-refractivity contribution in [2.75, 3.05) is 39.7 Å². The van der Waals surface area contributed by atoms with E-state index in [4.69, 9.17) is 24.1 Å². The molecule has 214 valence electrons. The molecule has 3 aromatic rings. The number of carbonyl (C=O) groups is 3. The number of carboxylic acids is 1. The van der Waals surface area contributed by atoms with Crippen LogP contribution in [0.15, 0.2) is 48.8 Å². The number of fused-ring (bicyclic) bond motifs is 1. The van der Waals surface area contributed by atoms with Gasteiger partial charge in [-0.15, -0.1) is 0 Å². The summed E-state index contributed by atoms with van der Waals surface area (Å²) in [4.78, 5) is 35.5. The summed E-state index contributed by atoms with van der Waals surface area (Å²) in [7, 11) is 4.92. The van der Waals surface area contributed by atoms with Gasteiger partial charge < -0.3 is 29.5 Å². The molecule has 0 spiro atoms. The molecule has 2 heterocycles.